The monoisotopic (exact) mass is 319 g/mol. The molecule has 0 saturated heterocycles. The third-order valence-corrected chi connectivity index (χ3v) is 3.88. The Bertz CT molecular complexity index is 797. The molecule has 0 aliphatic heterocycles. The van der Waals surface area contributed by atoms with Crippen LogP contribution in [0.15, 0.2) is 66.9 Å². The lowest BCUT2D eigenvalue weighted by atomic mass is 10.1. The molecule has 3 rings (SSSR count). The van der Waals surface area contributed by atoms with E-state index in [-0.39, 0.29) is 12.5 Å². The van der Waals surface area contributed by atoms with Crippen LogP contribution in [0.4, 0.5) is 5.69 Å². The Kier molecular flexibility index (Phi) is 5.40. The standard InChI is InChI=1S/C20H21N3O/c24-19(21-13-5-9-16-7-2-1-3-8-16)15-23-18-12-4-10-17-11-6-14-22-20(17)18/h1-4,6-8,10-12,14,23H,5,9,13,15H2,(H,21,24). The van der Waals surface area contributed by atoms with E-state index in [4.69, 9.17) is 0 Å². The molecule has 0 aliphatic rings. The van der Waals surface area contributed by atoms with Gasteiger partial charge in [0, 0.05) is 18.1 Å². The lowest BCUT2D eigenvalue weighted by Gasteiger charge is -2.09. The van der Waals surface area contributed by atoms with Crippen molar-refractivity contribution in [2.45, 2.75) is 12.8 Å². The summed E-state index contributed by atoms with van der Waals surface area (Å²) in [6, 6.07) is 20.1. The average Bonchev–Trinajstić information content (AvgIpc) is 2.64. The first kappa shape index (κ1) is 16.0. The number of carbonyl (C=O) groups excluding carboxylic acids is 1. The van der Waals surface area contributed by atoms with E-state index in [9.17, 15) is 4.79 Å². The molecule has 4 nitrogen and oxygen atoms in total. The number of fused-ring (bicyclic) bond motifs is 1. The maximum Gasteiger partial charge on any atom is 0.239 e. The Morgan fingerprint density at radius 2 is 1.79 bits per heavy atom. The van der Waals surface area contributed by atoms with E-state index >= 15 is 0 Å². The van der Waals surface area contributed by atoms with Crippen molar-refractivity contribution in [3.63, 3.8) is 0 Å². The fourth-order valence-electron chi connectivity index (χ4n) is 2.65. The number of nitrogens with zero attached hydrogens (tertiary/aromatic N) is 1. The second-order valence-electron chi connectivity index (χ2n) is 5.67. The molecule has 0 radical (unpaired) electrons. The minimum atomic E-state index is -0.00371. The van der Waals surface area contributed by atoms with E-state index in [1.807, 2.05) is 48.5 Å². The van der Waals surface area contributed by atoms with Crippen molar-refractivity contribution in [2.24, 2.45) is 0 Å². The second-order valence-corrected chi connectivity index (χ2v) is 5.67. The van der Waals surface area contributed by atoms with Gasteiger partial charge in [0.25, 0.3) is 0 Å². The second kappa shape index (κ2) is 8.11. The van der Waals surface area contributed by atoms with E-state index < -0.39 is 0 Å². The molecule has 2 N–H and O–H groups in total. The maximum atomic E-state index is 12.0. The number of benzene rings is 2. The first-order valence-electron chi connectivity index (χ1n) is 8.21. The topological polar surface area (TPSA) is 54.0 Å². The number of anilines is 1. The average molecular weight is 319 g/mol. The predicted molar refractivity (Wildman–Crippen MR) is 98.0 cm³/mol. The highest BCUT2D eigenvalue weighted by Crippen LogP contribution is 2.20. The number of rotatable bonds is 7. The van der Waals surface area contributed by atoms with Crippen LogP contribution in [0.5, 0.6) is 0 Å². The van der Waals surface area contributed by atoms with Gasteiger partial charge < -0.3 is 10.6 Å². The summed E-state index contributed by atoms with van der Waals surface area (Å²) < 4.78 is 0. The van der Waals surface area contributed by atoms with Crippen LogP contribution in [0, 0.1) is 0 Å². The van der Waals surface area contributed by atoms with Crippen LogP contribution in [0.2, 0.25) is 0 Å². The van der Waals surface area contributed by atoms with Gasteiger partial charge in [0.2, 0.25) is 5.91 Å². The van der Waals surface area contributed by atoms with Crippen LogP contribution in [0.3, 0.4) is 0 Å². The van der Waals surface area contributed by atoms with Gasteiger partial charge in [0.15, 0.2) is 0 Å². The molecule has 0 atom stereocenters. The molecule has 0 unspecified atom stereocenters. The minimum Gasteiger partial charge on any atom is -0.374 e. The van der Waals surface area contributed by atoms with Crippen molar-refractivity contribution in [2.75, 3.05) is 18.4 Å². The zero-order chi connectivity index (χ0) is 16.6. The fourth-order valence-corrected chi connectivity index (χ4v) is 2.65. The number of pyridine rings is 1. The van der Waals surface area contributed by atoms with Crippen molar-refractivity contribution in [1.29, 1.82) is 0 Å². The summed E-state index contributed by atoms with van der Waals surface area (Å²) in [6.45, 7) is 0.935. The number of para-hydroxylation sites is 1. The maximum absolute atomic E-state index is 12.0. The summed E-state index contributed by atoms with van der Waals surface area (Å²) in [5, 5.41) is 7.18. The van der Waals surface area contributed by atoms with Crippen LogP contribution in [-0.2, 0) is 11.2 Å². The molecule has 0 bridgehead atoms. The number of aryl methyl sites for hydroxylation is 1. The lowest BCUT2D eigenvalue weighted by Crippen LogP contribution is -2.30. The van der Waals surface area contributed by atoms with Gasteiger partial charge in [-0.3, -0.25) is 9.78 Å². The number of nitrogens with one attached hydrogen (secondary N) is 2. The van der Waals surface area contributed by atoms with E-state index in [1.54, 1.807) is 6.20 Å². The van der Waals surface area contributed by atoms with E-state index in [0.717, 1.165) is 29.4 Å². The van der Waals surface area contributed by atoms with Gasteiger partial charge in [-0.1, -0.05) is 48.5 Å². The van der Waals surface area contributed by atoms with Gasteiger partial charge in [0.05, 0.1) is 17.7 Å². The SMILES string of the molecule is O=C(CNc1cccc2cccnc12)NCCCc1ccccc1. The molecule has 1 aromatic heterocycles. The minimum absolute atomic E-state index is 0.00371. The molecule has 2 aromatic carbocycles. The van der Waals surface area contributed by atoms with Crippen molar-refractivity contribution in [3.8, 4) is 0 Å². The third kappa shape index (κ3) is 4.32. The Hall–Kier alpha value is -2.88. The van der Waals surface area contributed by atoms with Gasteiger partial charge in [-0.25, -0.2) is 0 Å². The molecule has 3 aromatic rings. The quantitative estimate of drug-likeness (QED) is 0.656. The van der Waals surface area contributed by atoms with Crippen LogP contribution in [0.1, 0.15) is 12.0 Å². The number of hydrogen-bond acceptors (Lipinski definition) is 3. The van der Waals surface area contributed by atoms with Gasteiger partial charge in [-0.2, -0.15) is 0 Å². The Balaban J connectivity index is 1.44. The Morgan fingerprint density at radius 3 is 2.67 bits per heavy atom. The van der Waals surface area contributed by atoms with Gasteiger partial charge in [-0.05, 0) is 30.5 Å². The van der Waals surface area contributed by atoms with Crippen molar-refractivity contribution >= 4 is 22.5 Å². The van der Waals surface area contributed by atoms with Gasteiger partial charge in [-0.15, -0.1) is 0 Å². The fraction of sp³-hybridized carbons (Fsp3) is 0.200. The van der Waals surface area contributed by atoms with E-state index in [0.29, 0.717) is 6.54 Å². The molecule has 0 spiro atoms. The molecule has 1 amide bonds. The molecule has 24 heavy (non-hydrogen) atoms. The highest BCUT2D eigenvalue weighted by molar-refractivity contribution is 5.92. The molecule has 0 aliphatic carbocycles. The number of aromatic nitrogens is 1. The molecular weight excluding hydrogens is 298 g/mol. The van der Waals surface area contributed by atoms with E-state index in [1.165, 1.54) is 5.56 Å². The van der Waals surface area contributed by atoms with Crippen LogP contribution >= 0.6 is 0 Å². The normalized spacial score (nSPS) is 10.5. The summed E-state index contributed by atoms with van der Waals surface area (Å²) in [4.78, 5) is 16.3. The van der Waals surface area contributed by atoms with Crippen molar-refractivity contribution < 1.29 is 4.79 Å². The number of hydrogen-bond donors (Lipinski definition) is 2. The summed E-state index contributed by atoms with van der Waals surface area (Å²) in [7, 11) is 0. The molecule has 0 fully saturated rings. The first-order valence-corrected chi connectivity index (χ1v) is 8.21. The van der Waals surface area contributed by atoms with Crippen LogP contribution in [-0.4, -0.2) is 24.0 Å². The summed E-state index contributed by atoms with van der Waals surface area (Å²) in [5.41, 5.74) is 3.07. The smallest absolute Gasteiger partial charge is 0.239 e. The molecule has 4 heteroatoms. The number of carbonyl (C=O) groups is 1. The third-order valence-electron chi connectivity index (χ3n) is 3.88. The number of amides is 1. The molecule has 0 saturated carbocycles. The highest BCUT2D eigenvalue weighted by Gasteiger charge is 2.04. The molecular formula is C20H21N3O. The zero-order valence-electron chi connectivity index (χ0n) is 13.5. The van der Waals surface area contributed by atoms with Crippen LogP contribution in [0.25, 0.3) is 10.9 Å². The Labute approximate surface area is 141 Å². The van der Waals surface area contributed by atoms with Gasteiger partial charge in [0.1, 0.15) is 0 Å². The van der Waals surface area contributed by atoms with Crippen molar-refractivity contribution in [1.82, 2.24) is 10.3 Å². The Morgan fingerprint density at radius 1 is 0.958 bits per heavy atom. The summed E-state index contributed by atoms with van der Waals surface area (Å²) >= 11 is 0. The largest absolute Gasteiger partial charge is 0.374 e. The van der Waals surface area contributed by atoms with E-state index in [2.05, 4.69) is 27.8 Å². The summed E-state index contributed by atoms with van der Waals surface area (Å²) in [6.07, 6.45) is 3.67. The predicted octanol–water partition coefficient (Wildman–Crippen LogP) is 3.40. The van der Waals surface area contributed by atoms with Crippen LogP contribution < -0.4 is 10.6 Å². The molecule has 122 valence electrons. The first-order chi connectivity index (χ1) is 11.8. The highest BCUT2D eigenvalue weighted by atomic mass is 16.1. The van der Waals surface area contributed by atoms with Crippen molar-refractivity contribution in [3.05, 3.63) is 72.4 Å². The van der Waals surface area contributed by atoms with Gasteiger partial charge >= 0.3 is 0 Å². The lowest BCUT2D eigenvalue weighted by molar-refractivity contribution is -0.119. The zero-order valence-corrected chi connectivity index (χ0v) is 13.5. The summed E-state index contributed by atoms with van der Waals surface area (Å²) in [5.74, 6) is -0.00371. The molecule has 1 heterocycles.